The molecule has 3 nitrogen and oxygen atoms in total. The third-order valence-electron chi connectivity index (χ3n) is 6.93. The van der Waals surface area contributed by atoms with Crippen molar-refractivity contribution >= 4 is 17.4 Å². The third kappa shape index (κ3) is 10.4. The average molecular weight is 472 g/mol. The Bertz CT molecular complexity index is 678. The molecule has 0 aliphatic heterocycles. The zero-order valence-corrected chi connectivity index (χ0v) is 22.5. The Kier molecular flexibility index (Phi) is 13.5. The zero-order chi connectivity index (χ0) is 23.3. The lowest BCUT2D eigenvalue weighted by Crippen LogP contribution is -2.26. The summed E-state index contributed by atoms with van der Waals surface area (Å²) in [5.41, 5.74) is 2.30. The van der Waals surface area contributed by atoms with Crippen LogP contribution in [0.5, 0.6) is 0 Å². The van der Waals surface area contributed by atoms with Crippen molar-refractivity contribution < 1.29 is 13.0 Å². The van der Waals surface area contributed by atoms with E-state index in [0.717, 1.165) is 18.1 Å². The Balaban J connectivity index is 2.99. The molecule has 0 amide bonds. The summed E-state index contributed by atoms with van der Waals surface area (Å²) in [5, 5.41) is -0.689. The molecule has 0 heterocycles. The maximum atomic E-state index is 12.3. The van der Waals surface area contributed by atoms with Crippen LogP contribution in [-0.2, 0) is 16.5 Å². The van der Waals surface area contributed by atoms with Gasteiger partial charge in [0.2, 0.25) is 0 Å². The standard InChI is InChI=1S/C26H47O3PS/c1-6-10-18-30(19-11-7-2,20-12-8-3)21-17-26(31(27,28)29)22-24-13-15-25(16-14-24)23(5)9-4/h13-16,23,26H,6-12,17-22H2,1-5H3/p+1. The van der Waals surface area contributed by atoms with Crippen molar-refractivity contribution in [3.8, 4) is 0 Å². The average Bonchev–Trinajstić information content (AvgIpc) is 2.76. The first-order valence-electron chi connectivity index (χ1n) is 12.6. The number of benzene rings is 1. The summed E-state index contributed by atoms with van der Waals surface area (Å²) >= 11 is 0. The molecule has 0 spiro atoms. The van der Waals surface area contributed by atoms with Crippen molar-refractivity contribution in [1.29, 1.82) is 0 Å². The van der Waals surface area contributed by atoms with Crippen molar-refractivity contribution in [2.24, 2.45) is 0 Å². The topological polar surface area (TPSA) is 54.4 Å². The number of hydrogen-bond donors (Lipinski definition) is 1. The molecular weight excluding hydrogens is 423 g/mol. The molecule has 2 unspecified atom stereocenters. The van der Waals surface area contributed by atoms with E-state index in [2.05, 4.69) is 46.8 Å². The van der Waals surface area contributed by atoms with Crippen molar-refractivity contribution in [3.05, 3.63) is 35.4 Å². The van der Waals surface area contributed by atoms with Gasteiger partial charge >= 0.3 is 0 Å². The van der Waals surface area contributed by atoms with Crippen LogP contribution < -0.4 is 0 Å². The van der Waals surface area contributed by atoms with E-state index in [1.165, 1.54) is 62.6 Å². The molecule has 0 saturated carbocycles. The highest BCUT2D eigenvalue weighted by molar-refractivity contribution is 7.86. The number of hydrogen-bond acceptors (Lipinski definition) is 2. The lowest BCUT2D eigenvalue weighted by atomic mass is 9.96. The van der Waals surface area contributed by atoms with Gasteiger partial charge < -0.3 is 0 Å². The normalized spacial score (nSPS) is 14.5. The second kappa shape index (κ2) is 14.7. The van der Waals surface area contributed by atoms with E-state index in [1.54, 1.807) is 0 Å². The van der Waals surface area contributed by atoms with Gasteiger partial charge in [-0.15, -0.1) is 0 Å². The van der Waals surface area contributed by atoms with E-state index in [-0.39, 0.29) is 0 Å². The van der Waals surface area contributed by atoms with Crippen LogP contribution in [0.15, 0.2) is 24.3 Å². The van der Waals surface area contributed by atoms with Crippen LogP contribution in [0.1, 0.15) is 103 Å². The lowest BCUT2D eigenvalue weighted by Gasteiger charge is -2.29. The van der Waals surface area contributed by atoms with Gasteiger partial charge in [-0.25, -0.2) is 0 Å². The molecule has 0 aliphatic carbocycles. The zero-order valence-electron chi connectivity index (χ0n) is 20.8. The van der Waals surface area contributed by atoms with Gasteiger partial charge in [-0.1, -0.05) is 78.1 Å². The maximum absolute atomic E-state index is 12.3. The second-order valence-electron chi connectivity index (χ2n) is 9.48. The van der Waals surface area contributed by atoms with Crippen LogP contribution in [0.25, 0.3) is 0 Å². The van der Waals surface area contributed by atoms with Crippen molar-refractivity contribution in [2.45, 2.75) is 104 Å². The van der Waals surface area contributed by atoms with Gasteiger partial charge in [0.05, 0.1) is 29.9 Å². The minimum absolute atomic E-state index is 0.412. The van der Waals surface area contributed by atoms with Crippen LogP contribution in [0.2, 0.25) is 0 Å². The van der Waals surface area contributed by atoms with E-state index in [0.29, 0.717) is 18.8 Å². The predicted molar refractivity (Wildman–Crippen MR) is 140 cm³/mol. The third-order valence-corrected chi connectivity index (χ3v) is 13.2. The van der Waals surface area contributed by atoms with Gasteiger partial charge in [0.1, 0.15) is 0 Å². The number of rotatable bonds is 17. The first-order chi connectivity index (χ1) is 14.7. The van der Waals surface area contributed by atoms with Crippen LogP contribution in [-0.4, -0.2) is 42.9 Å². The highest BCUT2D eigenvalue weighted by Gasteiger charge is 2.37. The summed E-state index contributed by atoms with van der Waals surface area (Å²) in [6.07, 6.45) is 14.3. The fourth-order valence-corrected chi connectivity index (χ4v) is 10.6. The molecule has 1 rings (SSSR count). The van der Waals surface area contributed by atoms with Crippen molar-refractivity contribution in [1.82, 2.24) is 0 Å². The van der Waals surface area contributed by atoms with Gasteiger partial charge in [-0.05, 0) is 49.1 Å². The SMILES string of the molecule is CCCC[P+](CCCC)(CCCC)CCC(Cc1ccc(C(C)CC)cc1)S(=O)(=O)O. The summed E-state index contributed by atoms with van der Waals surface area (Å²) in [7, 11) is -5.23. The summed E-state index contributed by atoms with van der Waals surface area (Å²) in [6.45, 7) is 11.1. The number of unbranched alkanes of at least 4 members (excludes halogenated alkanes) is 3. The largest absolute Gasteiger partial charge is 0.285 e. The molecule has 1 aromatic carbocycles. The monoisotopic (exact) mass is 471 g/mol. The van der Waals surface area contributed by atoms with Gasteiger partial charge in [-0.3, -0.25) is 4.55 Å². The molecule has 1 aromatic rings. The van der Waals surface area contributed by atoms with Gasteiger partial charge in [0.15, 0.2) is 0 Å². The highest BCUT2D eigenvalue weighted by Crippen LogP contribution is 2.61. The smallest absolute Gasteiger partial charge is 0.268 e. The molecule has 2 atom stereocenters. The molecular formula is C26H48O3PS+. The molecule has 0 fully saturated rings. The molecule has 0 saturated heterocycles. The van der Waals surface area contributed by atoms with Crippen LogP contribution >= 0.6 is 7.26 Å². The molecule has 31 heavy (non-hydrogen) atoms. The minimum atomic E-state index is -4.06. The molecule has 1 N–H and O–H groups in total. The van der Waals surface area contributed by atoms with Gasteiger partial charge in [-0.2, -0.15) is 8.42 Å². The minimum Gasteiger partial charge on any atom is -0.285 e. The molecule has 0 aromatic heterocycles. The summed E-state index contributed by atoms with van der Waals surface area (Å²) in [4.78, 5) is 0. The quantitative estimate of drug-likeness (QED) is 0.186. The maximum Gasteiger partial charge on any atom is 0.268 e. The first-order valence-corrected chi connectivity index (χ1v) is 16.6. The van der Waals surface area contributed by atoms with Gasteiger partial charge in [0, 0.05) is 13.7 Å². The summed E-state index contributed by atoms with van der Waals surface area (Å²) < 4.78 is 34.6. The molecule has 0 aliphatic rings. The lowest BCUT2D eigenvalue weighted by molar-refractivity contribution is 0.463. The van der Waals surface area contributed by atoms with Crippen LogP contribution in [0, 0.1) is 0 Å². The molecule has 0 bridgehead atoms. The van der Waals surface area contributed by atoms with Crippen molar-refractivity contribution in [3.63, 3.8) is 0 Å². The van der Waals surface area contributed by atoms with E-state index in [9.17, 15) is 13.0 Å². The Hall–Kier alpha value is -0.440. The molecule has 0 radical (unpaired) electrons. The van der Waals surface area contributed by atoms with Gasteiger partial charge in [0.25, 0.3) is 10.1 Å². The highest BCUT2D eigenvalue weighted by atomic mass is 32.2. The summed E-state index contributed by atoms with van der Waals surface area (Å²) in [6, 6.07) is 8.33. The molecule has 5 heteroatoms. The Labute approximate surface area is 193 Å². The van der Waals surface area contributed by atoms with Crippen LogP contribution in [0.3, 0.4) is 0 Å². The predicted octanol–water partition coefficient (Wildman–Crippen LogP) is 7.81. The fourth-order valence-electron chi connectivity index (χ4n) is 4.41. The van der Waals surface area contributed by atoms with E-state index < -0.39 is 22.6 Å². The van der Waals surface area contributed by atoms with E-state index in [4.69, 9.17) is 0 Å². The second-order valence-corrected chi connectivity index (χ2v) is 15.6. The Morgan fingerprint density at radius 2 is 1.32 bits per heavy atom. The Morgan fingerprint density at radius 1 is 0.839 bits per heavy atom. The van der Waals surface area contributed by atoms with E-state index >= 15 is 0 Å². The Morgan fingerprint density at radius 3 is 1.71 bits per heavy atom. The first kappa shape index (κ1) is 28.6. The van der Waals surface area contributed by atoms with E-state index in [1.807, 2.05) is 12.1 Å². The fraction of sp³-hybridized carbons (Fsp3) is 0.769. The molecule has 180 valence electrons. The van der Waals surface area contributed by atoms with Crippen molar-refractivity contribution in [2.75, 3.05) is 24.6 Å². The van der Waals surface area contributed by atoms with Crippen LogP contribution in [0.4, 0.5) is 0 Å². The summed E-state index contributed by atoms with van der Waals surface area (Å²) in [5.74, 6) is 0.507.